The van der Waals surface area contributed by atoms with E-state index in [-0.39, 0.29) is 66.1 Å². The third-order valence-electron chi connectivity index (χ3n) is 13.9. The highest BCUT2D eigenvalue weighted by Gasteiger charge is 2.61. The molecule has 0 N–H and O–H groups in total. The van der Waals surface area contributed by atoms with Crippen LogP contribution in [-0.2, 0) is 113 Å². The van der Waals surface area contributed by atoms with Gasteiger partial charge in [-0.2, -0.15) is 8.42 Å². The lowest BCUT2D eigenvalue weighted by atomic mass is 9.91. The second kappa shape index (κ2) is 30.2. The molecule has 0 aliphatic carbocycles. The molecule has 0 unspecified atom stereocenters. The van der Waals surface area contributed by atoms with Crippen molar-refractivity contribution < 1.29 is 64.7 Å². The SMILES string of the molecule is CCOS(=O)(=O)C[C@]1(OC[C@H]2O[C@H](OC)[C@H](OCc3ccccc3)[C@@H](OCc3ccccc3)[C@@H]2OCc2ccccc2)O[C@H](COCc2ccccc2)[C@@H](OCc2ccccc2)[C@H](OCc2ccccc2)[C@H]1OCc1ccccc1. The molecule has 7 aromatic rings. The van der Waals surface area contributed by atoms with Crippen molar-refractivity contribution in [1.82, 2.24) is 0 Å². The zero-order valence-corrected chi connectivity index (χ0v) is 46.1. The smallest absolute Gasteiger partial charge is 0.272 e. The molecule has 0 saturated carbocycles. The first-order valence-corrected chi connectivity index (χ1v) is 28.8. The van der Waals surface area contributed by atoms with Crippen LogP contribution in [0.5, 0.6) is 0 Å². The van der Waals surface area contributed by atoms with Gasteiger partial charge in [0.05, 0.1) is 66.1 Å². The summed E-state index contributed by atoms with van der Waals surface area (Å²) in [5.74, 6) is -3.06. The molecule has 9 rings (SSSR count). The van der Waals surface area contributed by atoms with Gasteiger partial charge in [-0.05, 0) is 45.9 Å². The molecular formula is C65H72O14S. The lowest BCUT2D eigenvalue weighted by Crippen LogP contribution is -2.71. The van der Waals surface area contributed by atoms with Crippen LogP contribution >= 0.6 is 0 Å². The summed E-state index contributed by atoms with van der Waals surface area (Å²) in [6.07, 6.45) is -8.99. The Morgan fingerprint density at radius 1 is 0.412 bits per heavy atom. The van der Waals surface area contributed by atoms with Crippen molar-refractivity contribution in [3.8, 4) is 0 Å². The van der Waals surface area contributed by atoms with Gasteiger partial charge in [0.15, 0.2) is 6.29 Å². The molecule has 0 amide bonds. The maximum absolute atomic E-state index is 14.6. The van der Waals surface area contributed by atoms with Crippen molar-refractivity contribution in [2.24, 2.45) is 0 Å². The zero-order valence-electron chi connectivity index (χ0n) is 45.3. The molecule has 14 nitrogen and oxygen atoms in total. The van der Waals surface area contributed by atoms with E-state index >= 15 is 0 Å². The van der Waals surface area contributed by atoms with Crippen molar-refractivity contribution in [1.29, 1.82) is 0 Å². The highest BCUT2D eigenvalue weighted by molar-refractivity contribution is 7.86. The molecule has 2 heterocycles. The number of benzene rings is 7. The maximum Gasteiger partial charge on any atom is 0.272 e. The summed E-state index contributed by atoms with van der Waals surface area (Å²) in [7, 11) is -2.94. The van der Waals surface area contributed by atoms with E-state index in [1.54, 1.807) is 14.0 Å². The Morgan fingerprint density at radius 3 is 1.16 bits per heavy atom. The Morgan fingerprint density at radius 2 is 0.762 bits per heavy atom. The Labute approximate surface area is 470 Å². The lowest BCUT2D eigenvalue weighted by molar-refractivity contribution is -0.387. The predicted molar refractivity (Wildman–Crippen MR) is 301 cm³/mol. The molecule has 0 bridgehead atoms. The van der Waals surface area contributed by atoms with Gasteiger partial charge >= 0.3 is 0 Å². The molecule has 2 aliphatic rings. The Kier molecular flexibility index (Phi) is 22.1. The Balaban J connectivity index is 1.15. The van der Waals surface area contributed by atoms with Crippen LogP contribution in [0, 0.1) is 0 Å². The van der Waals surface area contributed by atoms with E-state index in [4.69, 9.17) is 56.3 Å². The molecule has 422 valence electrons. The first-order chi connectivity index (χ1) is 39.3. The van der Waals surface area contributed by atoms with Gasteiger partial charge in [0.25, 0.3) is 10.1 Å². The quantitative estimate of drug-likeness (QED) is 0.0394. The summed E-state index contributed by atoms with van der Waals surface area (Å²) in [6, 6.07) is 68.2. The fraction of sp³-hybridized carbons (Fsp3) is 0.354. The van der Waals surface area contributed by atoms with E-state index in [0.717, 1.165) is 38.9 Å². The van der Waals surface area contributed by atoms with Crippen LogP contribution in [0.3, 0.4) is 0 Å². The standard InChI is InChI=1S/C65H72O14S/c1-3-77-80(66,67)48-65(76-47-56-58(70-40-50-27-13-5-14-28-50)60(72-42-52-31-17-7-18-32-52)62(64(68-2)78-56)74-44-54-35-21-9-22-36-54)63(75-45-55-37-23-10-24-38-55)61(73-43-53-33-19-8-20-34-53)59(71-41-51-29-15-6-16-30-51)57(79-65)46-69-39-49-25-11-4-12-26-49/h4-38,56-64H,3,39-48H2,1-2H3/t56-,57-,58-,59-,60+,61+,62-,63-,64+,65+/m1/s1. The first-order valence-electron chi connectivity index (χ1n) is 27.2. The number of hydrogen-bond donors (Lipinski definition) is 0. The van der Waals surface area contributed by atoms with E-state index in [1.807, 2.05) is 212 Å². The van der Waals surface area contributed by atoms with Gasteiger partial charge in [0, 0.05) is 7.11 Å². The fourth-order valence-corrected chi connectivity index (χ4v) is 11.2. The monoisotopic (exact) mass is 1110 g/mol. The van der Waals surface area contributed by atoms with Gasteiger partial charge in [0.2, 0.25) is 5.79 Å². The van der Waals surface area contributed by atoms with E-state index < -0.39 is 76.8 Å². The van der Waals surface area contributed by atoms with Crippen molar-refractivity contribution in [2.75, 3.05) is 32.7 Å². The molecule has 0 radical (unpaired) electrons. The minimum absolute atomic E-state index is 0.00472. The number of methoxy groups -OCH3 is 1. The minimum atomic E-state index is -4.49. The molecule has 2 saturated heterocycles. The average Bonchev–Trinajstić information content (AvgIpc) is 3.50. The molecule has 2 fully saturated rings. The van der Waals surface area contributed by atoms with Crippen LogP contribution in [-0.4, -0.2) is 102 Å². The molecule has 0 spiro atoms. The summed E-state index contributed by atoms with van der Waals surface area (Å²) in [5.41, 5.74) is 6.23. The Bertz CT molecular complexity index is 2930. The van der Waals surface area contributed by atoms with Crippen LogP contribution < -0.4 is 0 Å². The summed E-state index contributed by atoms with van der Waals surface area (Å²) in [4.78, 5) is 0. The molecule has 2 aliphatic heterocycles. The van der Waals surface area contributed by atoms with Gasteiger partial charge in [-0.25, -0.2) is 0 Å². The van der Waals surface area contributed by atoms with Gasteiger partial charge in [-0.3, -0.25) is 4.18 Å². The van der Waals surface area contributed by atoms with Crippen LogP contribution in [0.15, 0.2) is 212 Å². The molecular weight excluding hydrogens is 1040 g/mol. The van der Waals surface area contributed by atoms with Crippen molar-refractivity contribution in [2.45, 2.75) is 114 Å². The average molecular weight is 1110 g/mol. The van der Waals surface area contributed by atoms with Crippen LogP contribution in [0.4, 0.5) is 0 Å². The van der Waals surface area contributed by atoms with E-state index in [1.165, 1.54) is 0 Å². The summed E-state index contributed by atoms with van der Waals surface area (Å²) in [6.45, 7) is 2.05. The van der Waals surface area contributed by atoms with Gasteiger partial charge in [-0.1, -0.05) is 212 Å². The second-order valence-electron chi connectivity index (χ2n) is 19.7. The fourth-order valence-electron chi connectivity index (χ4n) is 9.95. The summed E-state index contributed by atoms with van der Waals surface area (Å²) >= 11 is 0. The molecule has 0 aromatic heterocycles. The molecule has 7 aromatic carbocycles. The molecule has 15 heteroatoms. The highest BCUT2D eigenvalue weighted by Crippen LogP contribution is 2.41. The summed E-state index contributed by atoms with van der Waals surface area (Å²) < 4.78 is 111. The third-order valence-corrected chi connectivity index (χ3v) is 15.2. The van der Waals surface area contributed by atoms with Crippen LogP contribution in [0.25, 0.3) is 0 Å². The van der Waals surface area contributed by atoms with Crippen molar-refractivity contribution >= 4 is 10.1 Å². The topological polar surface area (TPSA) is 145 Å². The van der Waals surface area contributed by atoms with E-state index in [0.29, 0.717) is 0 Å². The van der Waals surface area contributed by atoms with Gasteiger partial charge in [-0.15, -0.1) is 0 Å². The highest BCUT2D eigenvalue weighted by atomic mass is 32.2. The van der Waals surface area contributed by atoms with Gasteiger partial charge < -0.3 is 52.1 Å². The maximum atomic E-state index is 14.6. The normalized spacial score (nSPS) is 24.1. The first kappa shape index (κ1) is 58.7. The molecule has 10 atom stereocenters. The summed E-state index contributed by atoms with van der Waals surface area (Å²) in [5, 5.41) is 0. The molecule has 80 heavy (non-hydrogen) atoms. The van der Waals surface area contributed by atoms with Gasteiger partial charge in [0.1, 0.15) is 54.6 Å². The van der Waals surface area contributed by atoms with E-state index in [2.05, 4.69) is 0 Å². The number of ether oxygens (including phenoxy) is 11. The van der Waals surface area contributed by atoms with Crippen molar-refractivity contribution in [3.63, 3.8) is 0 Å². The second-order valence-corrected chi connectivity index (χ2v) is 21.3. The predicted octanol–water partition coefficient (Wildman–Crippen LogP) is 10.6. The Hall–Kier alpha value is -5.99. The van der Waals surface area contributed by atoms with Crippen LogP contribution in [0.2, 0.25) is 0 Å². The number of rotatable bonds is 30. The van der Waals surface area contributed by atoms with Crippen LogP contribution in [0.1, 0.15) is 45.9 Å². The third kappa shape index (κ3) is 16.8. The minimum Gasteiger partial charge on any atom is -0.374 e. The largest absolute Gasteiger partial charge is 0.374 e. The number of hydrogen-bond acceptors (Lipinski definition) is 14. The zero-order chi connectivity index (χ0) is 55.2. The van der Waals surface area contributed by atoms with E-state index in [9.17, 15) is 8.42 Å². The lowest BCUT2D eigenvalue weighted by Gasteiger charge is -2.52. The van der Waals surface area contributed by atoms with Crippen molar-refractivity contribution in [3.05, 3.63) is 251 Å².